The molecule has 28 heavy (non-hydrogen) atoms. The van der Waals surface area contributed by atoms with Crippen molar-refractivity contribution in [3.8, 4) is 11.1 Å². The fourth-order valence-corrected chi connectivity index (χ4v) is 3.83. The van der Waals surface area contributed by atoms with Crippen molar-refractivity contribution in [1.29, 1.82) is 0 Å². The predicted octanol–water partition coefficient (Wildman–Crippen LogP) is 4.58. The molecule has 4 rings (SSSR count). The lowest BCUT2D eigenvalue weighted by Crippen LogP contribution is -2.38. The number of nitrogens with one attached hydrogen (secondary N) is 2. The molecule has 2 aromatic carbocycles. The number of carbonyl (C=O) groups is 1. The van der Waals surface area contributed by atoms with Gasteiger partial charge in [-0.3, -0.25) is 9.69 Å². The van der Waals surface area contributed by atoms with Crippen molar-refractivity contribution in [3.05, 3.63) is 71.8 Å². The molecule has 0 atom stereocenters. The fraction of sp³-hybridized carbons (Fsp3) is 0.273. The number of aromatic nitrogens is 2. The van der Waals surface area contributed by atoms with Crippen LogP contribution in [0.2, 0.25) is 5.02 Å². The summed E-state index contributed by atoms with van der Waals surface area (Å²) in [7, 11) is 0. The Balaban J connectivity index is 1.35. The van der Waals surface area contributed by atoms with Gasteiger partial charge in [0.15, 0.2) is 0 Å². The maximum absolute atomic E-state index is 12.7. The van der Waals surface area contributed by atoms with Crippen LogP contribution in [0, 0.1) is 5.92 Å². The molecule has 3 aromatic rings. The van der Waals surface area contributed by atoms with Gasteiger partial charge in [0.25, 0.3) is 0 Å². The van der Waals surface area contributed by atoms with E-state index in [-0.39, 0.29) is 11.8 Å². The first-order valence-corrected chi connectivity index (χ1v) is 9.93. The molecule has 1 aliphatic heterocycles. The highest BCUT2D eigenvalue weighted by atomic mass is 35.5. The lowest BCUT2D eigenvalue weighted by atomic mass is 9.95. The number of carbonyl (C=O) groups excluding carboxylic acids is 1. The highest BCUT2D eigenvalue weighted by molar-refractivity contribution is 6.30. The number of imidazole rings is 1. The van der Waals surface area contributed by atoms with Crippen molar-refractivity contribution >= 4 is 23.2 Å². The first-order chi connectivity index (χ1) is 13.7. The summed E-state index contributed by atoms with van der Waals surface area (Å²) >= 11 is 6.10. The Kier molecular flexibility index (Phi) is 5.74. The van der Waals surface area contributed by atoms with E-state index in [0.717, 1.165) is 55.1 Å². The molecule has 0 bridgehead atoms. The highest BCUT2D eigenvalue weighted by Gasteiger charge is 2.25. The van der Waals surface area contributed by atoms with Gasteiger partial charge in [-0.25, -0.2) is 4.98 Å². The van der Waals surface area contributed by atoms with Gasteiger partial charge < -0.3 is 10.3 Å². The number of rotatable bonds is 5. The van der Waals surface area contributed by atoms with E-state index in [4.69, 9.17) is 11.6 Å². The number of hydrogen-bond donors (Lipinski definition) is 2. The number of piperidine rings is 1. The van der Waals surface area contributed by atoms with E-state index in [1.165, 1.54) is 0 Å². The lowest BCUT2D eigenvalue weighted by molar-refractivity contribution is -0.121. The van der Waals surface area contributed by atoms with Crippen LogP contribution in [0.25, 0.3) is 11.1 Å². The van der Waals surface area contributed by atoms with Gasteiger partial charge >= 0.3 is 0 Å². The molecule has 1 amide bonds. The number of anilines is 1. The maximum Gasteiger partial charge on any atom is 0.227 e. The summed E-state index contributed by atoms with van der Waals surface area (Å²) < 4.78 is 0. The molecule has 5 nitrogen and oxygen atoms in total. The number of amides is 1. The van der Waals surface area contributed by atoms with E-state index < -0.39 is 0 Å². The van der Waals surface area contributed by atoms with Crippen LogP contribution < -0.4 is 5.32 Å². The van der Waals surface area contributed by atoms with Crippen LogP contribution >= 0.6 is 11.6 Å². The minimum Gasteiger partial charge on any atom is -0.348 e. The van der Waals surface area contributed by atoms with Crippen molar-refractivity contribution in [1.82, 2.24) is 14.9 Å². The Morgan fingerprint density at radius 3 is 2.61 bits per heavy atom. The molecular formula is C22H23ClN4O. The summed E-state index contributed by atoms with van der Waals surface area (Å²) in [6.07, 6.45) is 5.33. The third-order valence-electron chi connectivity index (χ3n) is 5.17. The van der Waals surface area contributed by atoms with Crippen LogP contribution in [-0.2, 0) is 11.3 Å². The summed E-state index contributed by atoms with van der Waals surface area (Å²) in [4.78, 5) is 22.5. The maximum atomic E-state index is 12.7. The van der Waals surface area contributed by atoms with Gasteiger partial charge in [-0.2, -0.15) is 0 Å². The van der Waals surface area contributed by atoms with E-state index in [2.05, 4.69) is 20.2 Å². The number of aromatic amines is 1. The molecule has 2 heterocycles. The number of halogens is 1. The van der Waals surface area contributed by atoms with Crippen molar-refractivity contribution < 1.29 is 4.79 Å². The Morgan fingerprint density at radius 2 is 1.89 bits per heavy atom. The summed E-state index contributed by atoms with van der Waals surface area (Å²) in [6.45, 7) is 2.62. The van der Waals surface area contributed by atoms with Gasteiger partial charge in [0.2, 0.25) is 5.91 Å². The first-order valence-electron chi connectivity index (χ1n) is 9.55. The first kappa shape index (κ1) is 18.7. The molecular weight excluding hydrogens is 372 g/mol. The van der Waals surface area contributed by atoms with Crippen LogP contribution in [-0.4, -0.2) is 33.9 Å². The molecule has 0 spiro atoms. The molecule has 2 N–H and O–H groups in total. The summed E-state index contributed by atoms with van der Waals surface area (Å²) in [5.41, 5.74) is 2.89. The number of benzene rings is 2. The molecule has 6 heteroatoms. The molecule has 0 aliphatic carbocycles. The van der Waals surface area contributed by atoms with Crippen molar-refractivity contribution in [2.45, 2.75) is 19.4 Å². The van der Waals surface area contributed by atoms with Crippen LogP contribution in [0.4, 0.5) is 5.69 Å². The van der Waals surface area contributed by atoms with Crippen molar-refractivity contribution in [3.63, 3.8) is 0 Å². The van der Waals surface area contributed by atoms with Gasteiger partial charge in [-0.15, -0.1) is 0 Å². The van der Waals surface area contributed by atoms with E-state index in [9.17, 15) is 4.79 Å². The Hall–Kier alpha value is -2.63. The number of hydrogen-bond acceptors (Lipinski definition) is 3. The average Bonchev–Trinajstić information content (AvgIpc) is 3.22. The largest absolute Gasteiger partial charge is 0.348 e. The van der Waals surface area contributed by atoms with E-state index >= 15 is 0 Å². The number of likely N-dealkylation sites (tertiary alicyclic amines) is 1. The quantitative estimate of drug-likeness (QED) is 0.665. The lowest BCUT2D eigenvalue weighted by Gasteiger charge is -2.30. The zero-order chi connectivity index (χ0) is 19.3. The van der Waals surface area contributed by atoms with E-state index in [1.54, 1.807) is 6.20 Å². The average molecular weight is 395 g/mol. The van der Waals surface area contributed by atoms with Crippen molar-refractivity contribution in [2.24, 2.45) is 5.92 Å². The van der Waals surface area contributed by atoms with E-state index in [0.29, 0.717) is 5.02 Å². The Labute approximate surface area is 169 Å². The molecule has 1 aromatic heterocycles. The van der Waals surface area contributed by atoms with Gasteiger partial charge in [0, 0.05) is 29.0 Å². The van der Waals surface area contributed by atoms with Gasteiger partial charge in [0.1, 0.15) is 5.82 Å². The van der Waals surface area contributed by atoms with Gasteiger partial charge in [-0.1, -0.05) is 35.9 Å². The number of H-pyrrole nitrogens is 1. The second-order valence-corrected chi connectivity index (χ2v) is 7.60. The second-order valence-electron chi connectivity index (χ2n) is 7.17. The third kappa shape index (κ3) is 4.61. The molecule has 1 aliphatic rings. The topological polar surface area (TPSA) is 61.0 Å². The van der Waals surface area contributed by atoms with Gasteiger partial charge in [0.05, 0.1) is 6.54 Å². The smallest absolute Gasteiger partial charge is 0.227 e. The summed E-state index contributed by atoms with van der Waals surface area (Å²) in [6, 6.07) is 15.6. The summed E-state index contributed by atoms with van der Waals surface area (Å²) in [5.74, 6) is 1.12. The zero-order valence-corrected chi connectivity index (χ0v) is 16.3. The molecule has 0 saturated carbocycles. The van der Waals surface area contributed by atoms with Crippen LogP contribution in [0.3, 0.4) is 0 Å². The second kappa shape index (κ2) is 8.59. The summed E-state index contributed by atoms with van der Waals surface area (Å²) in [5, 5.41) is 3.79. The molecule has 144 valence electrons. The van der Waals surface area contributed by atoms with Gasteiger partial charge in [-0.05, 0) is 61.3 Å². The molecule has 0 radical (unpaired) electrons. The number of nitrogens with zero attached hydrogens (tertiary/aromatic N) is 2. The Bertz CT molecular complexity index is 933. The monoisotopic (exact) mass is 394 g/mol. The minimum absolute atomic E-state index is 0.0441. The SMILES string of the molecule is O=C(Nc1cccc(-c2cccc(Cl)c2)c1)C1CCN(Cc2ncc[nH]2)CC1. The fourth-order valence-electron chi connectivity index (χ4n) is 3.64. The highest BCUT2D eigenvalue weighted by Crippen LogP contribution is 2.26. The predicted molar refractivity (Wildman–Crippen MR) is 112 cm³/mol. The van der Waals surface area contributed by atoms with Crippen LogP contribution in [0.15, 0.2) is 60.9 Å². The normalized spacial score (nSPS) is 15.5. The Morgan fingerprint density at radius 1 is 1.14 bits per heavy atom. The minimum atomic E-state index is 0.0441. The van der Waals surface area contributed by atoms with Crippen molar-refractivity contribution in [2.75, 3.05) is 18.4 Å². The standard InChI is InChI=1S/C22H23ClN4O/c23-19-5-1-3-17(13-19)18-4-2-6-20(14-18)26-22(28)16-7-11-27(12-8-16)15-21-24-9-10-25-21/h1-6,9-10,13-14,16H,7-8,11-12,15H2,(H,24,25)(H,26,28). The van der Waals surface area contributed by atoms with E-state index in [1.807, 2.05) is 54.7 Å². The zero-order valence-electron chi connectivity index (χ0n) is 15.6. The molecule has 1 fully saturated rings. The third-order valence-corrected chi connectivity index (χ3v) is 5.41. The molecule has 1 saturated heterocycles. The van der Waals surface area contributed by atoms with Crippen LogP contribution in [0.1, 0.15) is 18.7 Å². The van der Waals surface area contributed by atoms with Crippen LogP contribution in [0.5, 0.6) is 0 Å². The molecule has 0 unspecified atom stereocenters.